The Morgan fingerprint density at radius 1 is 1.42 bits per heavy atom. The second kappa shape index (κ2) is 8.30. The molecule has 9 heteroatoms. The molecule has 1 amide bonds. The van der Waals surface area contributed by atoms with E-state index in [0.29, 0.717) is 5.75 Å². The third-order valence-electron chi connectivity index (χ3n) is 3.59. The van der Waals surface area contributed by atoms with E-state index in [2.05, 4.69) is 10.5 Å². The van der Waals surface area contributed by atoms with Crippen LogP contribution in [0.25, 0.3) is 0 Å². The molecule has 8 nitrogen and oxygen atoms in total. The first-order chi connectivity index (χ1) is 12.3. The van der Waals surface area contributed by atoms with E-state index in [-0.39, 0.29) is 17.2 Å². The minimum Gasteiger partial charge on any atom is -0.502 e. The summed E-state index contributed by atoms with van der Waals surface area (Å²) >= 11 is 5.77. The third-order valence-corrected chi connectivity index (χ3v) is 3.81. The first-order valence-electron chi connectivity index (χ1n) is 7.47. The monoisotopic (exact) mass is 377 g/mol. The smallest absolute Gasteiger partial charge is 0.312 e. The molecule has 0 aliphatic heterocycles. The number of carbonyl (C=O) groups excluding carboxylic acids is 1. The second-order valence-corrected chi connectivity index (χ2v) is 5.84. The average molecular weight is 378 g/mol. The fraction of sp³-hybridized carbons (Fsp3) is 0.176. The summed E-state index contributed by atoms with van der Waals surface area (Å²) in [4.78, 5) is 21.9. The number of phenols is 1. The molecule has 2 N–H and O–H groups in total. The normalized spacial score (nSPS) is 10.7. The summed E-state index contributed by atoms with van der Waals surface area (Å²) in [6.45, 7) is 3.56. The van der Waals surface area contributed by atoms with Crippen LogP contribution >= 0.6 is 11.6 Å². The molecule has 0 heterocycles. The molecule has 0 aliphatic carbocycles. The Bertz CT molecular complexity index is 883. The molecule has 0 atom stereocenters. The number of ether oxygens (including phenoxy) is 1. The van der Waals surface area contributed by atoms with Crippen molar-refractivity contribution in [1.82, 2.24) is 5.43 Å². The molecule has 0 bridgehead atoms. The van der Waals surface area contributed by atoms with Crippen molar-refractivity contribution in [3.8, 4) is 11.5 Å². The Labute approximate surface area is 154 Å². The summed E-state index contributed by atoms with van der Waals surface area (Å²) < 4.78 is 5.43. The summed E-state index contributed by atoms with van der Waals surface area (Å²) in [6.07, 6.45) is 1.06. The lowest BCUT2D eigenvalue weighted by atomic mass is 10.1. The molecule has 0 spiro atoms. The second-order valence-electron chi connectivity index (χ2n) is 5.40. The number of amides is 1. The Morgan fingerprint density at radius 3 is 2.85 bits per heavy atom. The van der Waals surface area contributed by atoms with Crippen LogP contribution in [0.4, 0.5) is 5.69 Å². The van der Waals surface area contributed by atoms with Gasteiger partial charge in [0.05, 0.1) is 11.1 Å². The number of carbonyl (C=O) groups is 1. The van der Waals surface area contributed by atoms with Crippen LogP contribution in [0, 0.1) is 24.0 Å². The van der Waals surface area contributed by atoms with Crippen molar-refractivity contribution < 1.29 is 19.6 Å². The van der Waals surface area contributed by atoms with Crippen molar-refractivity contribution in [2.24, 2.45) is 5.10 Å². The van der Waals surface area contributed by atoms with Crippen molar-refractivity contribution in [3.05, 3.63) is 62.2 Å². The zero-order valence-corrected chi connectivity index (χ0v) is 14.8. The van der Waals surface area contributed by atoms with Crippen LogP contribution in [0.15, 0.2) is 35.4 Å². The zero-order chi connectivity index (χ0) is 19.3. The molecule has 0 radical (unpaired) electrons. The molecule has 0 aromatic heterocycles. The molecule has 2 aromatic carbocycles. The summed E-state index contributed by atoms with van der Waals surface area (Å²) in [6, 6.07) is 7.81. The van der Waals surface area contributed by atoms with Crippen LogP contribution in [0.1, 0.15) is 16.7 Å². The Kier molecular flexibility index (Phi) is 6.13. The van der Waals surface area contributed by atoms with Crippen LogP contribution in [0.5, 0.6) is 11.5 Å². The number of nitro groups is 1. The van der Waals surface area contributed by atoms with Crippen molar-refractivity contribution in [1.29, 1.82) is 0 Å². The van der Waals surface area contributed by atoms with Crippen LogP contribution < -0.4 is 10.2 Å². The van der Waals surface area contributed by atoms with Crippen LogP contribution in [-0.2, 0) is 4.79 Å². The summed E-state index contributed by atoms with van der Waals surface area (Å²) in [5.41, 5.74) is 3.63. The summed E-state index contributed by atoms with van der Waals surface area (Å²) in [5, 5.41) is 24.4. The van der Waals surface area contributed by atoms with Crippen LogP contribution in [0.3, 0.4) is 0 Å². The summed E-state index contributed by atoms with van der Waals surface area (Å²) in [7, 11) is 0. The number of hydrogen-bond acceptors (Lipinski definition) is 6. The fourth-order valence-electron chi connectivity index (χ4n) is 2.07. The van der Waals surface area contributed by atoms with Gasteiger partial charge >= 0.3 is 5.69 Å². The number of nitro benzene ring substituents is 1. The van der Waals surface area contributed by atoms with Crippen molar-refractivity contribution >= 4 is 29.4 Å². The molecule has 0 fully saturated rings. The van der Waals surface area contributed by atoms with Crippen molar-refractivity contribution in [2.75, 3.05) is 6.61 Å². The minimum atomic E-state index is -0.769. The highest BCUT2D eigenvalue weighted by atomic mass is 35.5. The molecule has 0 saturated heterocycles. The molecule has 2 rings (SSSR count). The Morgan fingerprint density at radius 2 is 2.15 bits per heavy atom. The van der Waals surface area contributed by atoms with E-state index in [9.17, 15) is 20.0 Å². The van der Waals surface area contributed by atoms with Gasteiger partial charge in [0.1, 0.15) is 5.75 Å². The van der Waals surface area contributed by atoms with Crippen molar-refractivity contribution in [3.63, 3.8) is 0 Å². The average Bonchev–Trinajstić information content (AvgIpc) is 2.58. The fourth-order valence-corrected chi connectivity index (χ4v) is 2.29. The summed E-state index contributed by atoms with van der Waals surface area (Å²) in [5.74, 6) is -0.533. The van der Waals surface area contributed by atoms with Gasteiger partial charge in [-0.25, -0.2) is 5.43 Å². The number of nitrogens with one attached hydrogen (secondary N) is 1. The van der Waals surface area contributed by atoms with Gasteiger partial charge < -0.3 is 9.84 Å². The SMILES string of the molecule is Cc1cccc(OCC(=O)NN=Cc2cc(Cl)cc([N+](=O)[O-])c2O)c1C. The maximum absolute atomic E-state index is 11.8. The molecular weight excluding hydrogens is 362 g/mol. The molecule has 0 aliphatic rings. The number of benzene rings is 2. The number of hydrogen-bond donors (Lipinski definition) is 2. The van der Waals surface area contributed by atoms with E-state index in [1.807, 2.05) is 26.0 Å². The third kappa shape index (κ3) is 4.70. The van der Waals surface area contributed by atoms with Gasteiger partial charge in [0.2, 0.25) is 5.75 Å². The Hall–Kier alpha value is -3.13. The van der Waals surface area contributed by atoms with Crippen molar-refractivity contribution in [2.45, 2.75) is 13.8 Å². The predicted molar refractivity (Wildman–Crippen MR) is 96.9 cm³/mol. The van der Waals surface area contributed by atoms with E-state index in [4.69, 9.17) is 16.3 Å². The lowest BCUT2D eigenvalue weighted by Gasteiger charge is -2.09. The number of halogens is 1. The van der Waals surface area contributed by atoms with Gasteiger partial charge in [0.15, 0.2) is 6.61 Å². The molecular formula is C17H16ClN3O5. The zero-order valence-electron chi connectivity index (χ0n) is 14.0. The first kappa shape index (κ1) is 19.2. The highest BCUT2D eigenvalue weighted by molar-refractivity contribution is 6.31. The predicted octanol–water partition coefficient (Wildman–Crippen LogP) is 3.10. The van der Waals surface area contributed by atoms with Crippen LogP contribution in [-0.4, -0.2) is 28.8 Å². The number of nitrogens with zero attached hydrogens (tertiary/aromatic N) is 2. The number of aromatic hydroxyl groups is 1. The number of phenolic OH excluding ortho intramolecular Hbond substituents is 1. The quantitative estimate of drug-likeness (QED) is 0.456. The molecule has 26 heavy (non-hydrogen) atoms. The van der Waals surface area contributed by atoms with Gasteiger partial charge in [-0.3, -0.25) is 14.9 Å². The number of rotatable bonds is 6. The van der Waals surface area contributed by atoms with Gasteiger partial charge in [-0.1, -0.05) is 23.7 Å². The topological polar surface area (TPSA) is 114 Å². The number of aryl methyl sites for hydroxylation is 1. The van der Waals surface area contributed by atoms with Gasteiger partial charge in [0, 0.05) is 16.7 Å². The highest BCUT2D eigenvalue weighted by Crippen LogP contribution is 2.32. The minimum absolute atomic E-state index is 0.0000491. The molecule has 136 valence electrons. The number of hydrazone groups is 1. The largest absolute Gasteiger partial charge is 0.502 e. The molecule has 2 aromatic rings. The van der Waals surface area contributed by atoms with Gasteiger partial charge in [0.25, 0.3) is 5.91 Å². The van der Waals surface area contributed by atoms with E-state index < -0.39 is 22.3 Å². The van der Waals surface area contributed by atoms with E-state index in [1.54, 1.807) is 6.07 Å². The lowest BCUT2D eigenvalue weighted by molar-refractivity contribution is -0.385. The van der Waals surface area contributed by atoms with E-state index >= 15 is 0 Å². The molecule has 0 unspecified atom stereocenters. The van der Waals surface area contributed by atoms with Gasteiger partial charge in [-0.2, -0.15) is 5.10 Å². The van der Waals surface area contributed by atoms with Gasteiger partial charge in [-0.15, -0.1) is 0 Å². The maximum atomic E-state index is 11.8. The highest BCUT2D eigenvalue weighted by Gasteiger charge is 2.17. The maximum Gasteiger partial charge on any atom is 0.312 e. The van der Waals surface area contributed by atoms with Gasteiger partial charge in [-0.05, 0) is 37.1 Å². The van der Waals surface area contributed by atoms with E-state index in [1.165, 1.54) is 6.07 Å². The Balaban J connectivity index is 1.99. The lowest BCUT2D eigenvalue weighted by Crippen LogP contribution is -2.24. The molecule has 0 saturated carbocycles. The first-order valence-corrected chi connectivity index (χ1v) is 7.85. The standard InChI is InChI=1S/C17H16ClN3O5/c1-10-4-3-5-15(11(10)2)26-9-16(22)20-19-8-12-6-13(18)7-14(17(12)23)21(24)25/h3-8,23H,9H2,1-2H3,(H,20,22). The van der Waals surface area contributed by atoms with Crippen LogP contribution in [0.2, 0.25) is 5.02 Å². The van der Waals surface area contributed by atoms with E-state index in [0.717, 1.165) is 23.4 Å².